The van der Waals surface area contributed by atoms with Crippen LogP contribution in [0.1, 0.15) is 44.1 Å². The lowest BCUT2D eigenvalue weighted by atomic mass is 9.94. The standard InChI is InChI=1S/C15H19BrN2O/c16-13-9-12(10-17)5-6-14(13)18-11-15(19)7-3-1-2-4-8-15/h5-6,9,18-19H,1-4,7-8,11H2. The van der Waals surface area contributed by atoms with Gasteiger partial charge in [-0.25, -0.2) is 0 Å². The van der Waals surface area contributed by atoms with Crippen molar-refractivity contribution in [2.24, 2.45) is 0 Å². The summed E-state index contributed by atoms with van der Waals surface area (Å²) in [6.45, 7) is 0.567. The number of aliphatic hydroxyl groups is 1. The highest BCUT2D eigenvalue weighted by molar-refractivity contribution is 9.10. The van der Waals surface area contributed by atoms with Crippen LogP contribution in [0.3, 0.4) is 0 Å². The molecule has 4 heteroatoms. The summed E-state index contributed by atoms with van der Waals surface area (Å²) in [7, 11) is 0. The van der Waals surface area contributed by atoms with Gasteiger partial charge in [0.05, 0.1) is 17.2 Å². The molecule has 1 aliphatic rings. The summed E-state index contributed by atoms with van der Waals surface area (Å²) in [6, 6.07) is 7.56. The predicted molar refractivity (Wildman–Crippen MR) is 80.0 cm³/mol. The Bertz CT molecular complexity index is 474. The summed E-state index contributed by atoms with van der Waals surface area (Å²) in [5, 5.41) is 22.7. The maximum atomic E-state index is 10.6. The second-order valence-electron chi connectivity index (χ2n) is 5.30. The molecule has 0 bridgehead atoms. The Morgan fingerprint density at radius 2 is 1.95 bits per heavy atom. The molecule has 0 saturated heterocycles. The average Bonchev–Trinajstić information content (AvgIpc) is 2.62. The van der Waals surface area contributed by atoms with Gasteiger partial charge in [-0.15, -0.1) is 0 Å². The number of hydrogen-bond donors (Lipinski definition) is 2. The molecule has 0 aliphatic heterocycles. The van der Waals surface area contributed by atoms with E-state index in [1.54, 1.807) is 12.1 Å². The fourth-order valence-electron chi connectivity index (χ4n) is 2.55. The van der Waals surface area contributed by atoms with Crippen molar-refractivity contribution in [3.05, 3.63) is 28.2 Å². The number of rotatable bonds is 3. The van der Waals surface area contributed by atoms with Crippen LogP contribution in [0.4, 0.5) is 5.69 Å². The zero-order chi connectivity index (χ0) is 13.7. The number of benzene rings is 1. The third-order valence-electron chi connectivity index (χ3n) is 3.74. The van der Waals surface area contributed by atoms with Gasteiger partial charge in [-0.2, -0.15) is 5.26 Å². The smallest absolute Gasteiger partial charge is 0.0992 e. The summed E-state index contributed by atoms with van der Waals surface area (Å²) in [4.78, 5) is 0. The van der Waals surface area contributed by atoms with Crippen molar-refractivity contribution in [2.45, 2.75) is 44.1 Å². The van der Waals surface area contributed by atoms with Gasteiger partial charge < -0.3 is 10.4 Å². The van der Waals surface area contributed by atoms with E-state index in [0.717, 1.165) is 35.8 Å². The van der Waals surface area contributed by atoms with Crippen molar-refractivity contribution in [1.82, 2.24) is 0 Å². The minimum Gasteiger partial charge on any atom is -0.388 e. The Morgan fingerprint density at radius 3 is 2.53 bits per heavy atom. The highest BCUT2D eigenvalue weighted by atomic mass is 79.9. The van der Waals surface area contributed by atoms with Gasteiger partial charge in [0.1, 0.15) is 0 Å². The van der Waals surface area contributed by atoms with Gasteiger partial charge in [-0.1, -0.05) is 25.7 Å². The molecule has 0 amide bonds. The van der Waals surface area contributed by atoms with Crippen LogP contribution in [-0.2, 0) is 0 Å². The highest BCUT2D eigenvalue weighted by Gasteiger charge is 2.27. The molecule has 0 aromatic heterocycles. The minimum atomic E-state index is -0.593. The molecule has 2 rings (SSSR count). The lowest BCUT2D eigenvalue weighted by Gasteiger charge is -2.27. The maximum Gasteiger partial charge on any atom is 0.0992 e. The number of anilines is 1. The number of hydrogen-bond acceptors (Lipinski definition) is 3. The first-order valence-corrected chi connectivity index (χ1v) is 7.58. The van der Waals surface area contributed by atoms with E-state index in [-0.39, 0.29) is 0 Å². The number of nitrogens with one attached hydrogen (secondary N) is 1. The van der Waals surface area contributed by atoms with E-state index in [0.29, 0.717) is 12.1 Å². The van der Waals surface area contributed by atoms with Crippen LogP contribution in [0, 0.1) is 11.3 Å². The zero-order valence-corrected chi connectivity index (χ0v) is 12.5. The second kappa shape index (κ2) is 6.40. The van der Waals surface area contributed by atoms with E-state index in [1.165, 1.54) is 12.8 Å². The van der Waals surface area contributed by atoms with E-state index in [9.17, 15) is 5.11 Å². The number of halogens is 1. The maximum absolute atomic E-state index is 10.6. The van der Waals surface area contributed by atoms with E-state index < -0.39 is 5.60 Å². The molecule has 1 aliphatic carbocycles. The largest absolute Gasteiger partial charge is 0.388 e. The van der Waals surface area contributed by atoms with Crippen molar-refractivity contribution in [2.75, 3.05) is 11.9 Å². The number of nitrogens with zero attached hydrogens (tertiary/aromatic N) is 1. The van der Waals surface area contributed by atoms with Gasteiger partial charge in [-0.3, -0.25) is 0 Å². The van der Waals surface area contributed by atoms with E-state index >= 15 is 0 Å². The SMILES string of the molecule is N#Cc1ccc(NCC2(O)CCCCCC2)c(Br)c1. The molecule has 1 fully saturated rings. The molecule has 0 spiro atoms. The molecule has 1 aromatic carbocycles. The molecule has 19 heavy (non-hydrogen) atoms. The molecule has 102 valence electrons. The number of nitriles is 1. The Kier molecular flexibility index (Phi) is 4.84. The summed E-state index contributed by atoms with van der Waals surface area (Å²) in [5.74, 6) is 0. The van der Waals surface area contributed by atoms with Crippen molar-refractivity contribution in [3.63, 3.8) is 0 Å². The Hall–Kier alpha value is -1.05. The van der Waals surface area contributed by atoms with Crippen LogP contribution in [-0.4, -0.2) is 17.3 Å². The first-order valence-electron chi connectivity index (χ1n) is 6.79. The van der Waals surface area contributed by atoms with Gasteiger partial charge in [0, 0.05) is 16.7 Å². The van der Waals surface area contributed by atoms with Crippen molar-refractivity contribution in [1.29, 1.82) is 5.26 Å². The normalized spacial score (nSPS) is 18.4. The molecule has 3 nitrogen and oxygen atoms in total. The molecule has 0 radical (unpaired) electrons. The first kappa shape index (κ1) is 14.4. The zero-order valence-electron chi connectivity index (χ0n) is 11.0. The quantitative estimate of drug-likeness (QED) is 0.832. The second-order valence-corrected chi connectivity index (χ2v) is 6.15. The van der Waals surface area contributed by atoms with Crippen molar-refractivity contribution < 1.29 is 5.11 Å². The van der Waals surface area contributed by atoms with Gasteiger partial charge in [0.15, 0.2) is 0 Å². The fourth-order valence-corrected chi connectivity index (χ4v) is 3.07. The van der Waals surface area contributed by atoms with E-state index in [4.69, 9.17) is 5.26 Å². The Balaban J connectivity index is 2.00. The monoisotopic (exact) mass is 322 g/mol. The molecular formula is C15H19BrN2O. The molecule has 0 unspecified atom stereocenters. The predicted octanol–water partition coefficient (Wildman–Crippen LogP) is 3.82. The lowest BCUT2D eigenvalue weighted by Crippen LogP contribution is -2.36. The van der Waals surface area contributed by atoms with Crippen LogP contribution in [0.25, 0.3) is 0 Å². The van der Waals surface area contributed by atoms with Crippen molar-refractivity contribution >= 4 is 21.6 Å². The fraction of sp³-hybridized carbons (Fsp3) is 0.533. The third kappa shape index (κ3) is 3.95. The Labute approximate surface area is 122 Å². The molecule has 1 aromatic rings. The van der Waals surface area contributed by atoms with Gasteiger partial charge in [0.25, 0.3) is 0 Å². The molecule has 0 heterocycles. The summed E-state index contributed by atoms with van der Waals surface area (Å²) >= 11 is 3.45. The van der Waals surface area contributed by atoms with Gasteiger partial charge in [-0.05, 0) is 47.0 Å². The van der Waals surface area contributed by atoms with Crippen LogP contribution in [0.2, 0.25) is 0 Å². The van der Waals surface area contributed by atoms with Crippen LogP contribution < -0.4 is 5.32 Å². The van der Waals surface area contributed by atoms with Crippen LogP contribution >= 0.6 is 15.9 Å². The van der Waals surface area contributed by atoms with Crippen LogP contribution in [0.5, 0.6) is 0 Å². The first-order chi connectivity index (χ1) is 9.13. The van der Waals surface area contributed by atoms with Gasteiger partial charge >= 0.3 is 0 Å². The van der Waals surface area contributed by atoms with E-state index in [1.807, 2.05) is 6.07 Å². The summed E-state index contributed by atoms with van der Waals surface area (Å²) in [5.41, 5.74) is 0.964. The highest BCUT2D eigenvalue weighted by Crippen LogP contribution is 2.29. The summed E-state index contributed by atoms with van der Waals surface area (Å²) in [6.07, 6.45) is 6.40. The molecule has 1 saturated carbocycles. The third-order valence-corrected chi connectivity index (χ3v) is 4.40. The molecular weight excluding hydrogens is 304 g/mol. The lowest BCUT2D eigenvalue weighted by molar-refractivity contribution is 0.0381. The molecule has 2 N–H and O–H groups in total. The van der Waals surface area contributed by atoms with Crippen molar-refractivity contribution in [3.8, 4) is 6.07 Å². The molecule has 0 atom stereocenters. The summed E-state index contributed by atoms with van der Waals surface area (Å²) < 4.78 is 0.865. The minimum absolute atomic E-state index is 0.567. The van der Waals surface area contributed by atoms with Gasteiger partial charge in [0.2, 0.25) is 0 Å². The topological polar surface area (TPSA) is 56.0 Å². The van der Waals surface area contributed by atoms with Crippen LogP contribution in [0.15, 0.2) is 22.7 Å². The van der Waals surface area contributed by atoms with E-state index in [2.05, 4.69) is 27.3 Å². The Morgan fingerprint density at radius 1 is 1.26 bits per heavy atom. The average molecular weight is 323 g/mol.